The zero-order chi connectivity index (χ0) is 31.0. The largest absolute Gasteiger partial charge is 2.00 e. The predicted octanol–water partition coefficient (Wildman–Crippen LogP) is 9.49. The minimum Gasteiger partial charge on any atom is -0.503 e. The molecule has 0 radical (unpaired) electrons. The number of ether oxygens (including phenoxy) is 1. The fraction of sp³-hybridized carbons (Fsp3) is 0.0769. The molecular weight excluding hydrogens is 693 g/mol. The molecule has 0 aliphatic carbocycles. The Bertz CT molecular complexity index is 2500. The van der Waals surface area contributed by atoms with Crippen molar-refractivity contribution in [1.29, 1.82) is 0 Å². The van der Waals surface area contributed by atoms with Crippen LogP contribution in [0.25, 0.3) is 50.0 Å². The molecule has 0 fully saturated rings. The maximum atomic E-state index is 6.42. The first kappa shape index (κ1) is 29.7. The summed E-state index contributed by atoms with van der Waals surface area (Å²) in [5, 5.41) is 2.27. The number of fused-ring (bicyclic) bond motifs is 7. The van der Waals surface area contributed by atoms with E-state index in [1.165, 1.54) is 21.2 Å². The van der Waals surface area contributed by atoms with Crippen LogP contribution in [0.15, 0.2) is 125 Å². The van der Waals surface area contributed by atoms with Gasteiger partial charge in [0.1, 0.15) is 5.65 Å². The zero-order valence-electron chi connectivity index (χ0n) is 25.8. The summed E-state index contributed by atoms with van der Waals surface area (Å²) in [6.45, 7) is 0. The van der Waals surface area contributed by atoms with Crippen LogP contribution in [-0.2, 0) is 27.5 Å². The maximum Gasteiger partial charge on any atom is 2.00 e. The van der Waals surface area contributed by atoms with E-state index in [9.17, 15) is 0 Å². The molecule has 1 aliphatic heterocycles. The second-order valence-corrected chi connectivity index (χ2v) is 13.0. The predicted molar refractivity (Wildman–Crippen MR) is 186 cm³/mol. The zero-order valence-corrected chi connectivity index (χ0v) is 28.2. The van der Waals surface area contributed by atoms with Crippen molar-refractivity contribution in [2.45, 2.75) is 9.79 Å². The van der Waals surface area contributed by atoms with Crippen LogP contribution in [0.1, 0.15) is 0 Å². The molecule has 0 unspecified atom stereocenters. The molecule has 9 rings (SSSR count). The van der Waals surface area contributed by atoms with Gasteiger partial charge in [0.05, 0.1) is 46.3 Å². The molecule has 0 saturated carbocycles. The summed E-state index contributed by atoms with van der Waals surface area (Å²) in [6, 6.07) is 44.4. The van der Waals surface area contributed by atoms with Gasteiger partial charge in [0.25, 0.3) is 0 Å². The maximum absolute atomic E-state index is 6.42. The first-order chi connectivity index (χ1) is 22.5. The van der Waals surface area contributed by atoms with Crippen molar-refractivity contribution in [3.63, 3.8) is 0 Å². The third-order valence-electron chi connectivity index (χ3n) is 8.91. The van der Waals surface area contributed by atoms with E-state index in [1.807, 2.05) is 79.6 Å². The smallest absolute Gasteiger partial charge is 0.503 e. The topological polar surface area (TPSA) is 44.9 Å². The van der Waals surface area contributed by atoms with Gasteiger partial charge in [-0.25, -0.2) is 4.98 Å². The van der Waals surface area contributed by atoms with E-state index in [0.29, 0.717) is 16.0 Å². The number of rotatable bonds is 4. The number of aromatic nitrogens is 4. The molecule has 3 aromatic heterocycles. The average molecular weight is 721 g/mol. The monoisotopic (exact) mass is 720 g/mol. The average Bonchev–Trinajstić information content (AvgIpc) is 3.60. The van der Waals surface area contributed by atoms with Gasteiger partial charge in [0.15, 0.2) is 11.4 Å². The van der Waals surface area contributed by atoms with Crippen molar-refractivity contribution < 1.29 is 25.2 Å². The van der Waals surface area contributed by atoms with Gasteiger partial charge in [0.2, 0.25) is 0 Å². The van der Waals surface area contributed by atoms with E-state index in [-0.39, 0.29) is 20.4 Å². The molecule has 0 atom stereocenters. The summed E-state index contributed by atoms with van der Waals surface area (Å²) < 4.78 is 11.4. The summed E-state index contributed by atoms with van der Waals surface area (Å²) in [4.78, 5) is 12.2. The van der Waals surface area contributed by atoms with E-state index in [0.717, 1.165) is 50.0 Å². The second kappa shape index (κ2) is 11.2. The Balaban J connectivity index is 0.00000324. The molecular formula is C39H28N5OPdS+. The van der Waals surface area contributed by atoms with Gasteiger partial charge < -0.3 is 13.9 Å². The summed E-state index contributed by atoms with van der Waals surface area (Å²) in [6.07, 6.45) is 1.86. The van der Waals surface area contributed by atoms with Crippen molar-refractivity contribution in [1.82, 2.24) is 23.6 Å². The SMILES string of the molecule is Cn1c(-c2[c-]c(Oc3[c-]c(-n4c5ncccc5c5ccc6c(c54)Sc4ccccc4[N+]6(C)C)ccc3)ccc2)nc2ccccc21.[Pd+2]. The van der Waals surface area contributed by atoms with Crippen molar-refractivity contribution in [3.8, 4) is 28.6 Å². The summed E-state index contributed by atoms with van der Waals surface area (Å²) in [5.74, 6) is 2.04. The van der Waals surface area contributed by atoms with Crippen LogP contribution in [-0.4, -0.2) is 33.2 Å². The number of pyridine rings is 1. The standard InChI is InChI=1S/C39H28N5OS.Pd/c1-42-32-17-5-4-16-31(32)41-38(42)25-11-8-13-27(23-25)45-28-14-9-12-26(24-28)43-36-29(30-15-10-22-40-39(30)43)20-21-34-37(36)46-35-19-7-6-18-33(35)44(34,2)3;/h4-22H,1-3H3;/q-1;+2. The van der Waals surface area contributed by atoms with Gasteiger partial charge in [-0.05, 0) is 36.4 Å². The van der Waals surface area contributed by atoms with Gasteiger partial charge in [-0.1, -0.05) is 47.8 Å². The van der Waals surface area contributed by atoms with E-state index in [2.05, 4.69) is 90.0 Å². The number of hydrogen-bond acceptors (Lipinski definition) is 4. The summed E-state index contributed by atoms with van der Waals surface area (Å²) in [5.41, 5.74) is 8.31. The normalized spacial score (nSPS) is 13.3. The Morgan fingerprint density at radius 2 is 1.53 bits per heavy atom. The van der Waals surface area contributed by atoms with Crippen LogP contribution in [0.2, 0.25) is 0 Å². The molecule has 0 N–H and O–H groups in total. The number of aryl methyl sites for hydroxylation is 1. The molecule has 0 spiro atoms. The second-order valence-electron chi connectivity index (χ2n) is 12.0. The third kappa shape index (κ3) is 4.63. The first-order valence-corrected chi connectivity index (χ1v) is 16.0. The van der Waals surface area contributed by atoms with E-state index >= 15 is 0 Å². The fourth-order valence-corrected chi connectivity index (χ4v) is 8.15. The Morgan fingerprint density at radius 3 is 2.40 bits per heavy atom. The van der Waals surface area contributed by atoms with Crippen LogP contribution in [0.3, 0.4) is 0 Å². The van der Waals surface area contributed by atoms with Crippen molar-refractivity contribution in [2.75, 3.05) is 14.1 Å². The van der Waals surface area contributed by atoms with Crippen molar-refractivity contribution in [2.24, 2.45) is 7.05 Å². The minimum absolute atomic E-state index is 0. The molecule has 8 heteroatoms. The third-order valence-corrected chi connectivity index (χ3v) is 10.1. The van der Waals surface area contributed by atoms with Crippen LogP contribution < -0.4 is 9.22 Å². The van der Waals surface area contributed by atoms with Gasteiger partial charge in [-0.3, -0.25) is 9.47 Å². The number of benzene rings is 5. The molecule has 4 heterocycles. The summed E-state index contributed by atoms with van der Waals surface area (Å²) in [7, 11) is 6.54. The van der Waals surface area contributed by atoms with E-state index < -0.39 is 0 Å². The number of imidazole rings is 1. The molecule has 5 aromatic carbocycles. The Labute approximate surface area is 290 Å². The summed E-state index contributed by atoms with van der Waals surface area (Å²) >= 11 is 1.82. The van der Waals surface area contributed by atoms with E-state index in [4.69, 9.17) is 14.7 Å². The molecule has 230 valence electrons. The van der Waals surface area contributed by atoms with Crippen molar-refractivity contribution in [3.05, 3.63) is 128 Å². The fourth-order valence-electron chi connectivity index (χ4n) is 6.68. The Morgan fingerprint density at radius 1 is 0.745 bits per heavy atom. The molecule has 6 nitrogen and oxygen atoms in total. The first-order valence-electron chi connectivity index (χ1n) is 15.2. The van der Waals surface area contributed by atoms with Crippen LogP contribution in [0.4, 0.5) is 11.4 Å². The quantitative estimate of drug-likeness (QED) is 0.103. The van der Waals surface area contributed by atoms with Gasteiger partial charge in [-0.15, -0.1) is 42.0 Å². The van der Waals surface area contributed by atoms with Gasteiger partial charge in [0, 0.05) is 47.6 Å². The molecule has 1 aliphatic rings. The molecule has 0 saturated heterocycles. The van der Waals surface area contributed by atoms with Gasteiger partial charge in [-0.2, -0.15) is 6.07 Å². The molecule has 8 aromatic rings. The minimum atomic E-state index is 0. The van der Waals surface area contributed by atoms with E-state index in [1.54, 1.807) is 0 Å². The number of hydrogen-bond donors (Lipinski definition) is 0. The number of para-hydroxylation sites is 3. The molecule has 0 amide bonds. The number of quaternary nitrogens is 1. The van der Waals surface area contributed by atoms with Gasteiger partial charge >= 0.3 is 20.4 Å². The number of nitrogens with zero attached hydrogens (tertiary/aromatic N) is 5. The molecule has 47 heavy (non-hydrogen) atoms. The van der Waals surface area contributed by atoms with Crippen LogP contribution in [0, 0.1) is 12.1 Å². The Kier molecular flexibility index (Phi) is 7.09. The van der Waals surface area contributed by atoms with Crippen molar-refractivity contribution >= 4 is 56.1 Å². The molecule has 0 bridgehead atoms. The van der Waals surface area contributed by atoms with Crippen LogP contribution in [0.5, 0.6) is 11.5 Å². The Hall–Kier alpha value is -4.71. The van der Waals surface area contributed by atoms with Crippen LogP contribution >= 0.6 is 11.8 Å².